The molecule has 14 heavy (non-hydrogen) atoms. The number of hydrogen-bond acceptors (Lipinski definition) is 2. The Kier molecular flexibility index (Phi) is 4.39. The Morgan fingerprint density at radius 3 is 2.29 bits per heavy atom. The van der Waals surface area contributed by atoms with E-state index in [9.17, 15) is 5.11 Å². The third-order valence-corrected chi connectivity index (χ3v) is 2.56. The van der Waals surface area contributed by atoms with Gasteiger partial charge in [0, 0.05) is 0 Å². The summed E-state index contributed by atoms with van der Waals surface area (Å²) in [7, 11) is 3.83. The number of alkyl halides is 1. The van der Waals surface area contributed by atoms with Crippen LogP contribution in [0.5, 0.6) is 0 Å². The average molecular weight is 214 g/mol. The first-order valence-electron chi connectivity index (χ1n) is 4.63. The van der Waals surface area contributed by atoms with Crippen molar-refractivity contribution in [3.05, 3.63) is 35.9 Å². The minimum atomic E-state index is -0.829. The Labute approximate surface area is 90.1 Å². The summed E-state index contributed by atoms with van der Waals surface area (Å²) < 4.78 is 0. The molecule has 2 unspecified atom stereocenters. The highest BCUT2D eigenvalue weighted by molar-refractivity contribution is 6.19. The zero-order valence-electron chi connectivity index (χ0n) is 8.52. The van der Waals surface area contributed by atoms with Crippen LogP contribution in [0.4, 0.5) is 0 Å². The maximum absolute atomic E-state index is 9.37. The Morgan fingerprint density at radius 2 is 1.86 bits per heavy atom. The van der Waals surface area contributed by atoms with E-state index in [1.165, 1.54) is 5.56 Å². The normalized spacial score (nSPS) is 15.5. The van der Waals surface area contributed by atoms with Gasteiger partial charge in [0.25, 0.3) is 0 Å². The third kappa shape index (κ3) is 3.29. The van der Waals surface area contributed by atoms with Crippen molar-refractivity contribution >= 4 is 11.6 Å². The van der Waals surface area contributed by atoms with E-state index >= 15 is 0 Å². The fraction of sp³-hybridized carbons (Fsp3) is 0.455. The molecule has 1 rings (SSSR count). The van der Waals surface area contributed by atoms with E-state index in [-0.39, 0.29) is 6.04 Å². The molecule has 0 spiro atoms. The van der Waals surface area contributed by atoms with E-state index in [1.54, 1.807) is 0 Å². The lowest BCUT2D eigenvalue weighted by Crippen LogP contribution is -2.37. The molecule has 0 aromatic heterocycles. The lowest BCUT2D eigenvalue weighted by molar-refractivity contribution is 0.136. The predicted molar refractivity (Wildman–Crippen MR) is 59.5 cm³/mol. The van der Waals surface area contributed by atoms with Gasteiger partial charge in [0.05, 0.1) is 6.04 Å². The summed E-state index contributed by atoms with van der Waals surface area (Å²) in [6.45, 7) is 0. The molecule has 0 saturated heterocycles. The van der Waals surface area contributed by atoms with Crippen LogP contribution < -0.4 is 0 Å². The second-order valence-electron chi connectivity index (χ2n) is 3.59. The van der Waals surface area contributed by atoms with Crippen LogP contribution in [-0.4, -0.2) is 35.7 Å². The number of aliphatic hydroxyl groups is 1. The highest BCUT2D eigenvalue weighted by atomic mass is 35.5. The van der Waals surface area contributed by atoms with Crippen molar-refractivity contribution in [2.75, 3.05) is 14.1 Å². The fourth-order valence-corrected chi connectivity index (χ4v) is 1.70. The van der Waals surface area contributed by atoms with E-state index < -0.39 is 5.56 Å². The van der Waals surface area contributed by atoms with Crippen LogP contribution >= 0.6 is 11.6 Å². The third-order valence-electron chi connectivity index (χ3n) is 2.27. The summed E-state index contributed by atoms with van der Waals surface area (Å²) in [4.78, 5) is 1.94. The highest BCUT2D eigenvalue weighted by Gasteiger charge is 2.19. The predicted octanol–water partition coefficient (Wildman–Crippen LogP) is 1.72. The Hall–Kier alpha value is -0.570. The van der Waals surface area contributed by atoms with Crippen molar-refractivity contribution in [2.24, 2.45) is 0 Å². The van der Waals surface area contributed by atoms with Crippen molar-refractivity contribution in [1.29, 1.82) is 0 Å². The number of benzene rings is 1. The number of nitrogens with zero attached hydrogens (tertiary/aromatic N) is 1. The van der Waals surface area contributed by atoms with Gasteiger partial charge in [0.2, 0.25) is 0 Å². The summed E-state index contributed by atoms with van der Waals surface area (Å²) in [5.41, 5.74) is 0.358. The van der Waals surface area contributed by atoms with Crippen LogP contribution in [0.15, 0.2) is 30.3 Å². The molecule has 0 aliphatic rings. The molecule has 1 aromatic carbocycles. The van der Waals surface area contributed by atoms with Gasteiger partial charge in [0.1, 0.15) is 5.56 Å². The zero-order valence-corrected chi connectivity index (χ0v) is 9.28. The molecule has 1 aromatic rings. The van der Waals surface area contributed by atoms with Crippen LogP contribution in [0, 0.1) is 0 Å². The van der Waals surface area contributed by atoms with Gasteiger partial charge in [-0.2, -0.15) is 0 Å². The lowest BCUT2D eigenvalue weighted by Gasteiger charge is -2.25. The molecule has 0 amide bonds. The molecule has 2 nitrogen and oxygen atoms in total. The van der Waals surface area contributed by atoms with E-state index in [2.05, 4.69) is 0 Å². The fourth-order valence-electron chi connectivity index (χ4n) is 1.38. The lowest BCUT2D eigenvalue weighted by atomic mass is 10.1. The van der Waals surface area contributed by atoms with Crippen molar-refractivity contribution in [3.8, 4) is 0 Å². The average Bonchev–Trinajstić information content (AvgIpc) is 2.15. The van der Waals surface area contributed by atoms with Crippen LogP contribution in [0.1, 0.15) is 5.56 Å². The minimum absolute atomic E-state index is 0.0425. The maximum Gasteiger partial charge on any atom is 0.143 e. The summed E-state index contributed by atoms with van der Waals surface area (Å²) >= 11 is 5.70. The molecule has 78 valence electrons. The van der Waals surface area contributed by atoms with Crippen molar-refractivity contribution < 1.29 is 5.11 Å². The maximum atomic E-state index is 9.37. The number of halogens is 1. The van der Waals surface area contributed by atoms with Crippen LogP contribution in [0.2, 0.25) is 0 Å². The second-order valence-corrected chi connectivity index (χ2v) is 4.04. The van der Waals surface area contributed by atoms with E-state index in [1.807, 2.05) is 49.3 Å². The standard InChI is InChI=1S/C11H16ClNO/c1-13(2)10(11(12)14)8-9-6-4-3-5-7-9/h3-7,10-11,14H,8H2,1-2H3. The van der Waals surface area contributed by atoms with Gasteiger partial charge >= 0.3 is 0 Å². The van der Waals surface area contributed by atoms with Gasteiger partial charge in [-0.3, -0.25) is 0 Å². The minimum Gasteiger partial charge on any atom is -0.376 e. The molecule has 0 radical (unpaired) electrons. The first-order valence-corrected chi connectivity index (χ1v) is 5.07. The SMILES string of the molecule is CN(C)C(Cc1ccccc1)C(O)Cl. The number of hydrogen-bond donors (Lipinski definition) is 1. The van der Waals surface area contributed by atoms with Gasteiger partial charge in [-0.05, 0) is 26.1 Å². The van der Waals surface area contributed by atoms with Gasteiger partial charge in [-0.15, -0.1) is 0 Å². The molecular weight excluding hydrogens is 198 g/mol. The molecule has 0 aliphatic carbocycles. The molecule has 2 atom stereocenters. The van der Waals surface area contributed by atoms with Crippen molar-refractivity contribution in [1.82, 2.24) is 4.90 Å². The number of rotatable bonds is 4. The molecule has 0 bridgehead atoms. The first-order chi connectivity index (χ1) is 6.61. The number of aliphatic hydroxyl groups excluding tert-OH is 1. The summed E-state index contributed by atoms with van der Waals surface area (Å²) in [6, 6.07) is 9.99. The quantitative estimate of drug-likeness (QED) is 0.770. The van der Waals surface area contributed by atoms with E-state index in [0.29, 0.717) is 0 Å². The number of likely N-dealkylation sites (N-methyl/N-ethyl adjacent to an activating group) is 1. The molecule has 0 saturated carbocycles. The Balaban J connectivity index is 2.65. The second kappa shape index (κ2) is 5.35. The van der Waals surface area contributed by atoms with Gasteiger partial charge in [-0.1, -0.05) is 41.9 Å². The molecule has 0 aliphatic heterocycles. The molecular formula is C11H16ClNO. The Morgan fingerprint density at radius 1 is 1.29 bits per heavy atom. The summed E-state index contributed by atoms with van der Waals surface area (Å²) in [6.07, 6.45) is 0.762. The zero-order chi connectivity index (χ0) is 10.6. The molecule has 0 heterocycles. The smallest absolute Gasteiger partial charge is 0.143 e. The van der Waals surface area contributed by atoms with E-state index in [0.717, 1.165) is 6.42 Å². The summed E-state index contributed by atoms with van der Waals surface area (Å²) in [5.74, 6) is 0. The largest absolute Gasteiger partial charge is 0.376 e. The van der Waals surface area contributed by atoms with Crippen LogP contribution in [0.3, 0.4) is 0 Å². The monoisotopic (exact) mass is 213 g/mol. The first kappa shape index (κ1) is 11.5. The topological polar surface area (TPSA) is 23.5 Å². The summed E-state index contributed by atoms with van der Waals surface area (Å²) in [5, 5.41) is 9.37. The van der Waals surface area contributed by atoms with Crippen molar-refractivity contribution in [3.63, 3.8) is 0 Å². The van der Waals surface area contributed by atoms with E-state index in [4.69, 9.17) is 11.6 Å². The molecule has 0 fully saturated rings. The van der Waals surface area contributed by atoms with Gasteiger partial charge in [-0.25, -0.2) is 0 Å². The highest BCUT2D eigenvalue weighted by Crippen LogP contribution is 2.12. The van der Waals surface area contributed by atoms with Crippen LogP contribution in [0.25, 0.3) is 0 Å². The molecule has 1 N–H and O–H groups in total. The van der Waals surface area contributed by atoms with Crippen molar-refractivity contribution in [2.45, 2.75) is 18.0 Å². The Bertz CT molecular complexity index is 253. The van der Waals surface area contributed by atoms with Crippen LogP contribution in [-0.2, 0) is 6.42 Å². The van der Waals surface area contributed by atoms with Gasteiger partial charge < -0.3 is 10.0 Å². The molecule has 3 heteroatoms. The van der Waals surface area contributed by atoms with Gasteiger partial charge in [0.15, 0.2) is 0 Å².